The molecule has 0 unspecified atom stereocenters. The third-order valence-corrected chi connectivity index (χ3v) is 6.56. The molecule has 4 rings (SSSR count). The van der Waals surface area contributed by atoms with Gasteiger partial charge in [-0.05, 0) is 56.4 Å². The zero-order valence-electron chi connectivity index (χ0n) is 19.1. The lowest BCUT2D eigenvalue weighted by atomic mass is 10.0. The average Bonchev–Trinajstić information content (AvgIpc) is 3.46. The zero-order chi connectivity index (χ0) is 23.0. The maximum atomic E-state index is 14.4. The summed E-state index contributed by atoms with van der Waals surface area (Å²) in [6.07, 6.45) is 16.1. The second-order valence-corrected chi connectivity index (χ2v) is 8.92. The quantitative estimate of drug-likeness (QED) is 0.241. The van der Waals surface area contributed by atoms with Gasteiger partial charge in [0.05, 0.1) is 12.2 Å². The van der Waals surface area contributed by atoms with Gasteiger partial charge in [-0.1, -0.05) is 32.1 Å². The second-order valence-electron chi connectivity index (χ2n) is 8.92. The Morgan fingerprint density at radius 2 is 1.82 bits per heavy atom. The Morgan fingerprint density at radius 3 is 2.64 bits per heavy atom. The van der Waals surface area contributed by atoms with Crippen molar-refractivity contribution in [1.29, 1.82) is 0 Å². The van der Waals surface area contributed by atoms with Crippen LogP contribution in [0.4, 0.5) is 14.6 Å². The largest absolute Gasteiger partial charge is 0.349 e. The summed E-state index contributed by atoms with van der Waals surface area (Å²) in [5.41, 5.74) is 2.36. The fraction of sp³-hybridized carbons (Fsp3) is 0.500. The summed E-state index contributed by atoms with van der Waals surface area (Å²) in [4.78, 5) is 17.3. The van der Waals surface area contributed by atoms with E-state index in [1.54, 1.807) is 4.52 Å². The van der Waals surface area contributed by atoms with E-state index in [-0.39, 0.29) is 11.9 Å². The molecule has 0 spiro atoms. The maximum absolute atomic E-state index is 14.4. The number of nitrogens with zero attached hydrogens (tertiary/aromatic N) is 4. The Hall–Kier alpha value is -2.83. The monoisotopic (exact) mass is 454 g/mol. The Morgan fingerprint density at radius 1 is 1.03 bits per heavy atom. The predicted molar refractivity (Wildman–Crippen MR) is 125 cm³/mol. The normalized spacial score (nSPS) is 16.1. The zero-order valence-corrected chi connectivity index (χ0v) is 19.1. The summed E-state index contributed by atoms with van der Waals surface area (Å²) < 4.78 is 30.0. The van der Waals surface area contributed by atoms with Crippen LogP contribution in [0.1, 0.15) is 81.4 Å². The van der Waals surface area contributed by atoms with Crippen molar-refractivity contribution in [2.24, 2.45) is 0 Å². The number of aryl methyl sites for hydroxylation is 1. The number of carbonyl (C=O) groups excluding carboxylic acids is 1. The van der Waals surface area contributed by atoms with E-state index in [2.05, 4.69) is 10.00 Å². The van der Waals surface area contributed by atoms with Crippen molar-refractivity contribution in [3.05, 3.63) is 59.4 Å². The number of unbranched alkanes of at least 4 members (excludes halogenated alkanes) is 7. The van der Waals surface area contributed by atoms with E-state index >= 15 is 0 Å². The number of anilines is 1. The van der Waals surface area contributed by atoms with Crippen molar-refractivity contribution in [3.8, 4) is 0 Å². The minimum Gasteiger partial charge on any atom is -0.349 e. The molecule has 1 aliphatic rings. The fourth-order valence-electron chi connectivity index (χ4n) is 4.80. The van der Waals surface area contributed by atoms with Gasteiger partial charge in [0.1, 0.15) is 23.7 Å². The molecule has 2 aromatic heterocycles. The topological polar surface area (TPSA) is 50.5 Å². The number of fused-ring (bicyclic) bond motifs is 1. The molecule has 0 N–H and O–H groups in total. The van der Waals surface area contributed by atoms with E-state index in [0.717, 1.165) is 80.9 Å². The van der Waals surface area contributed by atoms with E-state index in [9.17, 15) is 13.6 Å². The number of aldehydes is 1. The number of hydrogen-bond donors (Lipinski definition) is 0. The Labute approximate surface area is 193 Å². The predicted octanol–water partition coefficient (Wildman–Crippen LogP) is 6.21. The van der Waals surface area contributed by atoms with E-state index in [1.807, 2.05) is 18.5 Å². The molecule has 0 bridgehead atoms. The molecule has 1 aliphatic heterocycles. The van der Waals surface area contributed by atoms with Gasteiger partial charge in [-0.15, -0.1) is 0 Å². The average molecular weight is 455 g/mol. The fourth-order valence-corrected chi connectivity index (χ4v) is 4.80. The first-order valence-corrected chi connectivity index (χ1v) is 12.2. The van der Waals surface area contributed by atoms with Gasteiger partial charge in [0.15, 0.2) is 5.65 Å². The van der Waals surface area contributed by atoms with Crippen LogP contribution in [0.15, 0.2) is 36.7 Å². The molecule has 0 amide bonds. The molecule has 1 aromatic carbocycles. The van der Waals surface area contributed by atoms with Crippen LogP contribution in [0.2, 0.25) is 0 Å². The van der Waals surface area contributed by atoms with Crippen LogP contribution in [0.5, 0.6) is 0 Å². The Kier molecular flexibility index (Phi) is 8.02. The molecular formula is C26H32F2N4O. The van der Waals surface area contributed by atoms with Gasteiger partial charge in [0.2, 0.25) is 0 Å². The van der Waals surface area contributed by atoms with Crippen molar-refractivity contribution < 1.29 is 13.6 Å². The molecule has 1 atom stereocenters. The molecule has 176 valence electrons. The van der Waals surface area contributed by atoms with Gasteiger partial charge < -0.3 is 9.69 Å². The molecular weight excluding hydrogens is 422 g/mol. The van der Waals surface area contributed by atoms with Crippen LogP contribution in [0, 0.1) is 11.6 Å². The van der Waals surface area contributed by atoms with Gasteiger partial charge in [-0.2, -0.15) is 5.10 Å². The van der Waals surface area contributed by atoms with Crippen LogP contribution in [0.25, 0.3) is 5.65 Å². The van der Waals surface area contributed by atoms with E-state index in [1.165, 1.54) is 31.4 Å². The first-order valence-electron chi connectivity index (χ1n) is 12.2. The summed E-state index contributed by atoms with van der Waals surface area (Å²) in [5, 5.41) is 4.44. The van der Waals surface area contributed by atoms with Crippen molar-refractivity contribution in [1.82, 2.24) is 14.6 Å². The lowest BCUT2D eigenvalue weighted by Crippen LogP contribution is -2.24. The molecule has 3 aromatic rings. The molecule has 33 heavy (non-hydrogen) atoms. The lowest BCUT2D eigenvalue weighted by Gasteiger charge is -2.26. The third kappa shape index (κ3) is 5.75. The number of halogens is 2. The number of aromatic nitrogens is 3. The van der Waals surface area contributed by atoms with Crippen molar-refractivity contribution in [2.75, 3.05) is 11.4 Å². The van der Waals surface area contributed by atoms with E-state index in [0.29, 0.717) is 12.0 Å². The minimum atomic E-state index is -0.416. The molecule has 1 saturated heterocycles. The molecule has 3 heterocycles. The third-order valence-electron chi connectivity index (χ3n) is 6.56. The minimum absolute atomic E-state index is 0.214. The highest BCUT2D eigenvalue weighted by Gasteiger charge is 2.30. The van der Waals surface area contributed by atoms with Crippen LogP contribution < -0.4 is 4.90 Å². The van der Waals surface area contributed by atoms with Gasteiger partial charge in [0.25, 0.3) is 0 Å². The van der Waals surface area contributed by atoms with Crippen LogP contribution in [0.3, 0.4) is 0 Å². The summed E-state index contributed by atoms with van der Waals surface area (Å²) in [6.45, 7) is 0.764. The second kappa shape index (κ2) is 11.3. The highest BCUT2D eigenvalue weighted by atomic mass is 19.1. The summed E-state index contributed by atoms with van der Waals surface area (Å²) in [7, 11) is 0. The smallest absolute Gasteiger partial charge is 0.160 e. The van der Waals surface area contributed by atoms with Crippen molar-refractivity contribution in [2.45, 2.75) is 76.7 Å². The summed E-state index contributed by atoms with van der Waals surface area (Å²) in [6, 6.07) is 5.37. The number of benzene rings is 1. The number of hydrogen-bond acceptors (Lipinski definition) is 4. The Balaban J connectivity index is 1.38. The van der Waals surface area contributed by atoms with E-state index < -0.39 is 5.82 Å². The van der Waals surface area contributed by atoms with Gasteiger partial charge in [-0.25, -0.2) is 18.3 Å². The Bertz CT molecular complexity index is 1070. The lowest BCUT2D eigenvalue weighted by molar-refractivity contribution is -0.107. The summed E-state index contributed by atoms with van der Waals surface area (Å²) >= 11 is 0. The highest BCUT2D eigenvalue weighted by Crippen LogP contribution is 2.37. The molecule has 0 radical (unpaired) electrons. The molecule has 1 fully saturated rings. The van der Waals surface area contributed by atoms with Crippen LogP contribution in [-0.2, 0) is 11.2 Å². The maximum Gasteiger partial charge on any atom is 0.160 e. The van der Waals surface area contributed by atoms with Crippen molar-refractivity contribution >= 4 is 17.8 Å². The van der Waals surface area contributed by atoms with Gasteiger partial charge >= 0.3 is 0 Å². The van der Waals surface area contributed by atoms with Crippen molar-refractivity contribution in [3.63, 3.8) is 0 Å². The molecule has 0 saturated carbocycles. The standard InChI is InChI=1S/C26H32F2N4O/c27-21-12-13-23(28)22(18-21)24-11-9-15-31(24)25-14-16-32-26(30-25)20(19-29-32)10-7-5-3-1-2-4-6-8-17-33/h12-14,16-19,24H,1-11,15H2/t24-/m1/s1. The summed E-state index contributed by atoms with van der Waals surface area (Å²) in [5.74, 6) is -0.00500. The first-order chi connectivity index (χ1) is 16.2. The first kappa shape index (κ1) is 23.3. The molecule has 0 aliphatic carbocycles. The van der Waals surface area contributed by atoms with Crippen LogP contribution in [-0.4, -0.2) is 27.4 Å². The molecule has 5 nitrogen and oxygen atoms in total. The van der Waals surface area contributed by atoms with Gasteiger partial charge in [-0.3, -0.25) is 0 Å². The molecule has 7 heteroatoms. The van der Waals surface area contributed by atoms with Gasteiger partial charge in [0, 0.05) is 30.3 Å². The number of rotatable bonds is 12. The SMILES string of the molecule is O=CCCCCCCCCCc1cnn2ccc(N3CCC[C@@H]3c3cc(F)ccc3F)nc12. The number of carbonyl (C=O) groups is 1. The highest BCUT2D eigenvalue weighted by molar-refractivity contribution is 5.54. The van der Waals surface area contributed by atoms with E-state index in [4.69, 9.17) is 4.98 Å². The van der Waals surface area contributed by atoms with Crippen LogP contribution >= 0.6 is 0 Å².